The fourth-order valence-electron chi connectivity index (χ4n) is 1.76. The molecule has 3 N–H and O–H groups in total. The molecule has 0 unspecified atom stereocenters. The fourth-order valence-corrected chi connectivity index (χ4v) is 2.24. The summed E-state index contributed by atoms with van der Waals surface area (Å²) < 4.78 is 1.02. The molecule has 4 nitrogen and oxygen atoms in total. The van der Waals surface area contributed by atoms with E-state index in [0.717, 1.165) is 15.7 Å². The minimum atomic E-state index is -0.916. The molecule has 0 amide bonds. The zero-order chi connectivity index (χ0) is 13.1. The van der Waals surface area contributed by atoms with Gasteiger partial charge in [-0.1, -0.05) is 15.9 Å². The highest BCUT2D eigenvalue weighted by Gasteiger charge is 2.10. The number of aryl methyl sites for hydroxylation is 1. The van der Waals surface area contributed by atoms with Crippen LogP contribution in [0.15, 0.2) is 34.9 Å². The molecule has 18 heavy (non-hydrogen) atoms. The number of carbonyl (C=O) groups is 1. The first-order chi connectivity index (χ1) is 8.58. The van der Waals surface area contributed by atoms with Crippen molar-refractivity contribution in [2.75, 3.05) is 5.32 Å². The van der Waals surface area contributed by atoms with Crippen molar-refractivity contribution in [3.8, 4) is 0 Å². The van der Waals surface area contributed by atoms with Crippen LogP contribution >= 0.6 is 15.9 Å². The minimum Gasteiger partial charge on any atom is -0.478 e. The van der Waals surface area contributed by atoms with Crippen LogP contribution < -0.4 is 5.32 Å². The predicted octanol–water partition coefficient (Wildman–Crippen LogP) is 3.40. The molecule has 0 fully saturated rings. The second-order valence-electron chi connectivity index (χ2n) is 3.99. The van der Waals surface area contributed by atoms with Gasteiger partial charge in [-0.05, 0) is 36.8 Å². The molecule has 1 aromatic heterocycles. The number of aromatic amines is 1. The highest BCUT2D eigenvalue weighted by molar-refractivity contribution is 9.10. The monoisotopic (exact) mass is 308 g/mol. The number of aromatic carboxylic acids is 1. The highest BCUT2D eigenvalue weighted by Crippen LogP contribution is 2.21. The molecule has 0 radical (unpaired) electrons. The molecule has 1 aromatic carbocycles. The van der Waals surface area contributed by atoms with Crippen molar-refractivity contribution in [2.45, 2.75) is 13.5 Å². The first-order valence-electron chi connectivity index (χ1n) is 5.47. The number of hydrogen-bond donors (Lipinski definition) is 3. The van der Waals surface area contributed by atoms with Crippen LogP contribution in [0, 0.1) is 6.92 Å². The van der Waals surface area contributed by atoms with Gasteiger partial charge in [-0.3, -0.25) is 0 Å². The van der Waals surface area contributed by atoms with E-state index in [9.17, 15) is 4.79 Å². The van der Waals surface area contributed by atoms with Crippen LogP contribution in [0.1, 0.15) is 21.6 Å². The Morgan fingerprint density at radius 1 is 1.44 bits per heavy atom. The average Bonchev–Trinajstić information content (AvgIpc) is 2.76. The zero-order valence-electron chi connectivity index (χ0n) is 9.83. The summed E-state index contributed by atoms with van der Waals surface area (Å²) in [6.45, 7) is 2.46. The van der Waals surface area contributed by atoms with Gasteiger partial charge in [0, 0.05) is 22.1 Å². The molecule has 94 valence electrons. The van der Waals surface area contributed by atoms with Crippen molar-refractivity contribution in [3.05, 3.63) is 51.8 Å². The normalized spacial score (nSPS) is 10.3. The Balaban J connectivity index is 2.11. The first kappa shape index (κ1) is 12.7. The third kappa shape index (κ3) is 2.73. The van der Waals surface area contributed by atoms with Crippen LogP contribution in [-0.2, 0) is 6.54 Å². The van der Waals surface area contributed by atoms with E-state index in [1.165, 1.54) is 0 Å². The number of carboxylic acid groups (broad SMARTS) is 1. The molecule has 5 heteroatoms. The Morgan fingerprint density at radius 2 is 2.22 bits per heavy atom. The lowest BCUT2D eigenvalue weighted by Crippen LogP contribution is -2.06. The van der Waals surface area contributed by atoms with E-state index in [4.69, 9.17) is 5.11 Å². The minimum absolute atomic E-state index is 0.303. The second kappa shape index (κ2) is 5.27. The van der Waals surface area contributed by atoms with Crippen molar-refractivity contribution >= 4 is 27.6 Å². The lowest BCUT2D eigenvalue weighted by Gasteiger charge is -2.09. The maximum absolute atomic E-state index is 11.0. The molecular weight excluding hydrogens is 296 g/mol. The summed E-state index contributed by atoms with van der Waals surface area (Å²) in [7, 11) is 0. The first-order valence-corrected chi connectivity index (χ1v) is 6.27. The van der Waals surface area contributed by atoms with Gasteiger partial charge in [0.05, 0.1) is 12.1 Å². The molecule has 1 heterocycles. The van der Waals surface area contributed by atoms with Crippen LogP contribution in [-0.4, -0.2) is 16.1 Å². The van der Waals surface area contributed by atoms with E-state index < -0.39 is 5.97 Å². The Morgan fingerprint density at radius 3 is 2.89 bits per heavy atom. The van der Waals surface area contributed by atoms with Gasteiger partial charge >= 0.3 is 5.97 Å². The largest absolute Gasteiger partial charge is 0.478 e. The molecule has 0 spiro atoms. The van der Waals surface area contributed by atoms with Gasteiger partial charge in [-0.2, -0.15) is 0 Å². The van der Waals surface area contributed by atoms with Crippen molar-refractivity contribution in [2.24, 2.45) is 0 Å². The number of rotatable bonds is 4. The molecule has 0 aliphatic rings. The van der Waals surface area contributed by atoms with Crippen molar-refractivity contribution < 1.29 is 9.90 Å². The van der Waals surface area contributed by atoms with E-state index in [1.54, 1.807) is 12.3 Å². The average molecular weight is 309 g/mol. The SMILES string of the molecule is Cc1cc(Br)ccc1NCc1[nH]ccc1C(=O)O. The molecular formula is C13H13BrN2O2. The van der Waals surface area contributed by atoms with Crippen LogP contribution in [0.3, 0.4) is 0 Å². The Kier molecular flexibility index (Phi) is 3.72. The summed E-state index contributed by atoms with van der Waals surface area (Å²) >= 11 is 3.41. The third-order valence-corrected chi connectivity index (χ3v) is 3.20. The van der Waals surface area contributed by atoms with E-state index in [0.29, 0.717) is 17.8 Å². The maximum Gasteiger partial charge on any atom is 0.337 e. The number of H-pyrrole nitrogens is 1. The lowest BCUT2D eigenvalue weighted by atomic mass is 10.2. The van der Waals surface area contributed by atoms with Gasteiger partial charge in [0.15, 0.2) is 0 Å². The van der Waals surface area contributed by atoms with Gasteiger partial charge in [0.2, 0.25) is 0 Å². The van der Waals surface area contributed by atoms with E-state index in [1.807, 2.05) is 25.1 Å². The van der Waals surface area contributed by atoms with Crippen molar-refractivity contribution in [1.29, 1.82) is 0 Å². The smallest absolute Gasteiger partial charge is 0.337 e. The summed E-state index contributed by atoms with van der Waals surface area (Å²) in [5.74, 6) is -0.916. The predicted molar refractivity (Wildman–Crippen MR) is 74.0 cm³/mol. The molecule has 0 saturated carbocycles. The van der Waals surface area contributed by atoms with Gasteiger partial charge in [-0.15, -0.1) is 0 Å². The third-order valence-electron chi connectivity index (χ3n) is 2.71. The summed E-state index contributed by atoms with van der Waals surface area (Å²) in [4.78, 5) is 13.9. The quantitative estimate of drug-likeness (QED) is 0.811. The number of hydrogen-bond acceptors (Lipinski definition) is 2. The Hall–Kier alpha value is -1.75. The molecule has 2 aromatic rings. The number of nitrogens with one attached hydrogen (secondary N) is 2. The number of halogens is 1. The summed E-state index contributed by atoms with van der Waals surface area (Å²) in [5, 5.41) is 12.2. The molecule has 0 atom stereocenters. The number of carboxylic acids is 1. The van der Waals surface area contributed by atoms with E-state index in [2.05, 4.69) is 26.2 Å². The van der Waals surface area contributed by atoms with Crippen LogP contribution in [0.2, 0.25) is 0 Å². The van der Waals surface area contributed by atoms with Crippen LogP contribution in [0.5, 0.6) is 0 Å². The zero-order valence-corrected chi connectivity index (χ0v) is 11.4. The van der Waals surface area contributed by atoms with Gasteiger partial charge in [0.1, 0.15) is 0 Å². The van der Waals surface area contributed by atoms with E-state index >= 15 is 0 Å². The lowest BCUT2D eigenvalue weighted by molar-refractivity contribution is 0.0696. The van der Waals surface area contributed by atoms with Gasteiger partial charge in [-0.25, -0.2) is 4.79 Å². The van der Waals surface area contributed by atoms with Crippen molar-refractivity contribution in [3.63, 3.8) is 0 Å². The molecule has 0 saturated heterocycles. The summed E-state index contributed by atoms with van der Waals surface area (Å²) in [6.07, 6.45) is 1.63. The molecule has 0 aliphatic carbocycles. The summed E-state index contributed by atoms with van der Waals surface area (Å²) in [6, 6.07) is 7.48. The van der Waals surface area contributed by atoms with E-state index in [-0.39, 0.29) is 0 Å². The highest BCUT2D eigenvalue weighted by atomic mass is 79.9. The topological polar surface area (TPSA) is 65.1 Å². The molecule has 2 rings (SSSR count). The Bertz CT molecular complexity index is 578. The fraction of sp³-hybridized carbons (Fsp3) is 0.154. The summed E-state index contributed by atoms with van der Waals surface area (Å²) in [5.41, 5.74) is 3.07. The maximum atomic E-state index is 11.0. The van der Waals surface area contributed by atoms with Crippen molar-refractivity contribution in [1.82, 2.24) is 4.98 Å². The van der Waals surface area contributed by atoms with Crippen LogP contribution in [0.4, 0.5) is 5.69 Å². The molecule has 0 bridgehead atoms. The van der Waals surface area contributed by atoms with Gasteiger partial charge < -0.3 is 15.4 Å². The number of aromatic nitrogens is 1. The number of benzene rings is 1. The standard InChI is InChI=1S/C13H13BrN2O2/c1-8-6-9(14)2-3-11(8)16-7-12-10(13(17)18)4-5-15-12/h2-6,15-16H,7H2,1H3,(H,17,18). The second-order valence-corrected chi connectivity index (χ2v) is 4.90. The van der Waals surface area contributed by atoms with Crippen LogP contribution in [0.25, 0.3) is 0 Å². The number of anilines is 1. The Labute approximate surface area is 113 Å². The van der Waals surface area contributed by atoms with Gasteiger partial charge in [0.25, 0.3) is 0 Å². The molecule has 0 aliphatic heterocycles.